The smallest absolute Gasteiger partial charge is 0.150 e. The van der Waals surface area contributed by atoms with Crippen molar-refractivity contribution in [3.05, 3.63) is 24.0 Å². The molecule has 5 heteroatoms. The lowest BCUT2D eigenvalue weighted by Gasteiger charge is -2.03. The summed E-state index contributed by atoms with van der Waals surface area (Å²) in [4.78, 5) is 0. The maximum atomic E-state index is 11.3. The maximum absolute atomic E-state index is 11.3. The molecule has 0 fully saturated rings. The third-order valence-electron chi connectivity index (χ3n) is 2.50. The molecule has 0 radical (unpaired) electrons. The molecular weight excluding hydrogens is 224 g/mol. The Kier molecular flexibility index (Phi) is 5.02. The number of nitrogens with one attached hydrogen (secondary N) is 1. The van der Waals surface area contributed by atoms with E-state index in [1.165, 1.54) is 5.56 Å². The van der Waals surface area contributed by atoms with Gasteiger partial charge in [0.05, 0.1) is 5.75 Å². The standard InChI is InChI=1S/C11H20N2O2S/c1-3-16(14,15)8-4-6-13-7-5-11(10-13)9-12-2/h5,7,10,12H,3-4,6,8-9H2,1-2H3. The van der Waals surface area contributed by atoms with E-state index in [1.807, 2.05) is 23.9 Å². The summed E-state index contributed by atoms with van der Waals surface area (Å²) in [6.45, 7) is 3.30. The topological polar surface area (TPSA) is 51.1 Å². The molecule has 0 aliphatic heterocycles. The van der Waals surface area contributed by atoms with E-state index < -0.39 is 9.84 Å². The molecule has 0 bridgehead atoms. The van der Waals surface area contributed by atoms with Gasteiger partial charge in [-0.05, 0) is 25.1 Å². The van der Waals surface area contributed by atoms with Crippen molar-refractivity contribution in [1.82, 2.24) is 9.88 Å². The highest BCUT2D eigenvalue weighted by Crippen LogP contribution is 2.03. The van der Waals surface area contributed by atoms with E-state index >= 15 is 0 Å². The summed E-state index contributed by atoms with van der Waals surface area (Å²) in [6, 6.07) is 2.05. The van der Waals surface area contributed by atoms with Crippen LogP contribution in [0.2, 0.25) is 0 Å². The Labute approximate surface area is 97.6 Å². The first-order chi connectivity index (χ1) is 7.57. The zero-order valence-corrected chi connectivity index (χ0v) is 10.8. The number of aryl methyl sites for hydroxylation is 1. The second-order valence-corrected chi connectivity index (χ2v) is 6.35. The normalized spacial score (nSPS) is 11.9. The van der Waals surface area contributed by atoms with Crippen LogP contribution in [0, 0.1) is 0 Å². The van der Waals surface area contributed by atoms with Crippen LogP contribution in [0.15, 0.2) is 18.5 Å². The molecule has 0 aliphatic rings. The molecule has 1 heterocycles. The monoisotopic (exact) mass is 244 g/mol. The van der Waals surface area contributed by atoms with Crippen molar-refractivity contribution in [2.75, 3.05) is 18.6 Å². The van der Waals surface area contributed by atoms with Crippen LogP contribution in [0.5, 0.6) is 0 Å². The van der Waals surface area contributed by atoms with Gasteiger partial charge in [0, 0.05) is 31.2 Å². The number of aromatic nitrogens is 1. The zero-order valence-electron chi connectivity index (χ0n) is 9.94. The quantitative estimate of drug-likeness (QED) is 0.779. The SMILES string of the molecule is CCS(=O)(=O)CCCn1ccc(CNC)c1. The molecule has 0 spiro atoms. The zero-order chi connectivity index (χ0) is 12.0. The third-order valence-corrected chi connectivity index (χ3v) is 4.29. The lowest BCUT2D eigenvalue weighted by molar-refractivity contribution is 0.587. The molecule has 0 aromatic carbocycles. The lowest BCUT2D eigenvalue weighted by Crippen LogP contribution is -2.10. The molecule has 0 saturated carbocycles. The van der Waals surface area contributed by atoms with Gasteiger partial charge in [0.25, 0.3) is 0 Å². The Hall–Kier alpha value is -0.810. The van der Waals surface area contributed by atoms with Gasteiger partial charge in [-0.3, -0.25) is 0 Å². The Morgan fingerprint density at radius 2 is 2.19 bits per heavy atom. The first-order valence-corrected chi connectivity index (χ1v) is 7.39. The molecule has 0 aliphatic carbocycles. The summed E-state index contributed by atoms with van der Waals surface area (Å²) in [5.41, 5.74) is 1.22. The molecule has 1 aromatic heterocycles. The lowest BCUT2D eigenvalue weighted by atomic mass is 10.3. The predicted molar refractivity (Wildman–Crippen MR) is 66.1 cm³/mol. The van der Waals surface area contributed by atoms with Crippen LogP contribution in [0.4, 0.5) is 0 Å². The molecule has 0 amide bonds. The van der Waals surface area contributed by atoms with Crippen LogP contribution in [0.3, 0.4) is 0 Å². The Morgan fingerprint density at radius 1 is 1.44 bits per heavy atom. The van der Waals surface area contributed by atoms with Crippen LogP contribution in [0.1, 0.15) is 18.9 Å². The van der Waals surface area contributed by atoms with Gasteiger partial charge in [0.1, 0.15) is 9.84 Å². The van der Waals surface area contributed by atoms with Gasteiger partial charge in [-0.1, -0.05) is 6.92 Å². The van der Waals surface area contributed by atoms with E-state index in [-0.39, 0.29) is 11.5 Å². The fourth-order valence-corrected chi connectivity index (χ4v) is 2.41. The van der Waals surface area contributed by atoms with E-state index in [2.05, 4.69) is 11.5 Å². The van der Waals surface area contributed by atoms with E-state index in [1.54, 1.807) is 6.92 Å². The minimum Gasteiger partial charge on any atom is -0.354 e. The molecule has 0 saturated heterocycles. The van der Waals surface area contributed by atoms with Crippen molar-refractivity contribution in [3.63, 3.8) is 0 Å². The van der Waals surface area contributed by atoms with Gasteiger partial charge < -0.3 is 9.88 Å². The second-order valence-electron chi connectivity index (χ2n) is 3.88. The highest BCUT2D eigenvalue weighted by atomic mass is 32.2. The van der Waals surface area contributed by atoms with E-state index in [0.29, 0.717) is 6.42 Å². The first kappa shape index (κ1) is 13.3. The van der Waals surface area contributed by atoms with Gasteiger partial charge in [0.15, 0.2) is 0 Å². The number of sulfone groups is 1. The summed E-state index contributed by atoms with van der Waals surface area (Å²) in [5.74, 6) is 0.521. The van der Waals surface area contributed by atoms with Gasteiger partial charge in [0.2, 0.25) is 0 Å². The van der Waals surface area contributed by atoms with E-state index in [4.69, 9.17) is 0 Å². The number of hydrogen-bond acceptors (Lipinski definition) is 3. The van der Waals surface area contributed by atoms with Crippen LogP contribution in [-0.2, 0) is 22.9 Å². The average molecular weight is 244 g/mol. The molecule has 1 N–H and O–H groups in total. The van der Waals surface area contributed by atoms with Gasteiger partial charge >= 0.3 is 0 Å². The fourth-order valence-electron chi connectivity index (χ4n) is 1.55. The number of hydrogen-bond donors (Lipinski definition) is 1. The maximum Gasteiger partial charge on any atom is 0.150 e. The predicted octanol–water partition coefficient (Wildman–Crippen LogP) is 1.03. The molecule has 16 heavy (non-hydrogen) atoms. The van der Waals surface area contributed by atoms with Crippen molar-refractivity contribution >= 4 is 9.84 Å². The average Bonchev–Trinajstić information content (AvgIpc) is 2.66. The van der Waals surface area contributed by atoms with Gasteiger partial charge in [-0.25, -0.2) is 8.42 Å². The molecule has 0 unspecified atom stereocenters. The molecule has 1 aromatic rings. The summed E-state index contributed by atoms with van der Waals surface area (Å²) in [6.07, 6.45) is 4.73. The highest BCUT2D eigenvalue weighted by Gasteiger charge is 2.06. The van der Waals surface area contributed by atoms with Crippen LogP contribution in [0.25, 0.3) is 0 Å². The Bertz CT molecular complexity index is 409. The van der Waals surface area contributed by atoms with Crippen molar-refractivity contribution in [2.45, 2.75) is 26.4 Å². The van der Waals surface area contributed by atoms with Crippen LogP contribution < -0.4 is 5.32 Å². The van der Waals surface area contributed by atoms with E-state index in [0.717, 1.165) is 13.1 Å². The molecule has 0 atom stereocenters. The first-order valence-electron chi connectivity index (χ1n) is 5.57. The minimum atomic E-state index is -2.82. The summed E-state index contributed by atoms with van der Waals surface area (Å²) in [5, 5.41) is 3.08. The van der Waals surface area contributed by atoms with Crippen molar-refractivity contribution in [2.24, 2.45) is 0 Å². The summed E-state index contributed by atoms with van der Waals surface area (Å²) in [7, 11) is -0.911. The van der Waals surface area contributed by atoms with Crippen LogP contribution in [-0.4, -0.2) is 31.5 Å². The summed E-state index contributed by atoms with van der Waals surface area (Å²) < 4.78 is 24.6. The van der Waals surface area contributed by atoms with E-state index in [9.17, 15) is 8.42 Å². The Morgan fingerprint density at radius 3 is 2.81 bits per heavy atom. The fraction of sp³-hybridized carbons (Fsp3) is 0.636. The summed E-state index contributed by atoms with van der Waals surface area (Å²) >= 11 is 0. The van der Waals surface area contributed by atoms with Gasteiger partial charge in [-0.15, -0.1) is 0 Å². The second kappa shape index (κ2) is 6.06. The van der Waals surface area contributed by atoms with Crippen molar-refractivity contribution < 1.29 is 8.42 Å². The highest BCUT2D eigenvalue weighted by molar-refractivity contribution is 7.91. The number of nitrogens with zero attached hydrogens (tertiary/aromatic N) is 1. The van der Waals surface area contributed by atoms with Gasteiger partial charge in [-0.2, -0.15) is 0 Å². The van der Waals surface area contributed by atoms with Crippen molar-refractivity contribution in [3.8, 4) is 0 Å². The molecule has 92 valence electrons. The Balaban J connectivity index is 2.37. The molecule has 1 rings (SSSR count). The van der Waals surface area contributed by atoms with Crippen LogP contribution >= 0.6 is 0 Å². The molecular formula is C11H20N2O2S. The third kappa shape index (κ3) is 4.37. The number of rotatable bonds is 7. The largest absolute Gasteiger partial charge is 0.354 e. The minimum absolute atomic E-state index is 0.240. The molecule has 4 nitrogen and oxygen atoms in total. The van der Waals surface area contributed by atoms with Crippen molar-refractivity contribution in [1.29, 1.82) is 0 Å².